The van der Waals surface area contributed by atoms with Gasteiger partial charge in [0.05, 0.1) is 51.4 Å². The summed E-state index contributed by atoms with van der Waals surface area (Å²) < 4.78 is 61.5. The van der Waals surface area contributed by atoms with Crippen molar-refractivity contribution in [2.75, 3.05) is 13.2 Å². The summed E-state index contributed by atoms with van der Waals surface area (Å²) >= 11 is 0. The minimum atomic E-state index is -4.85. The van der Waals surface area contributed by atoms with E-state index in [1.54, 1.807) is 30.2 Å². The van der Waals surface area contributed by atoms with Gasteiger partial charge in [-0.1, -0.05) is 12.1 Å². The highest BCUT2D eigenvalue weighted by molar-refractivity contribution is 6.28. The van der Waals surface area contributed by atoms with E-state index >= 15 is 0 Å². The molecule has 4 heterocycles. The van der Waals surface area contributed by atoms with Gasteiger partial charge < -0.3 is 15.0 Å². The number of aryl methyl sites for hydroxylation is 1. The van der Waals surface area contributed by atoms with Gasteiger partial charge in [0.2, 0.25) is 0 Å². The zero-order valence-corrected chi connectivity index (χ0v) is 20.4. The Bertz CT molecular complexity index is 1320. The van der Waals surface area contributed by atoms with E-state index in [1.807, 2.05) is 11.1 Å². The summed E-state index contributed by atoms with van der Waals surface area (Å²) in [6, 6.07) is 1.70. The van der Waals surface area contributed by atoms with Crippen molar-refractivity contribution in [2.24, 2.45) is 12.0 Å². The standard InChI is InChI=1S/C24H22F4N5O2Si/c1-13(16-4-3-5-18(20(16)25)24(26,27)28)30-22(34)17-8-14(15-9-29-32(2)10-15)11-33-21(17)31-19-12-35-7-6-23(19,33)36/h3-5,8-11,13,19H,6-7,12H2,1-2H3,(H,30,34)/t13-,19-,23?/m1/s1. The van der Waals surface area contributed by atoms with Crippen LogP contribution in [0.4, 0.5) is 17.6 Å². The molecule has 7 nitrogen and oxygen atoms in total. The van der Waals surface area contributed by atoms with Crippen LogP contribution < -0.4 is 5.32 Å². The predicted octanol–water partition coefficient (Wildman–Crippen LogP) is 3.10. The van der Waals surface area contributed by atoms with E-state index in [0.717, 1.165) is 11.6 Å². The molecule has 1 aromatic carbocycles. The van der Waals surface area contributed by atoms with E-state index in [0.29, 0.717) is 37.1 Å². The van der Waals surface area contributed by atoms with Crippen LogP contribution in [0.15, 0.2) is 53.4 Å². The molecular weight excluding hydrogens is 494 g/mol. The third kappa shape index (κ3) is 4.07. The summed E-state index contributed by atoms with van der Waals surface area (Å²) in [7, 11) is 5.66. The maximum absolute atomic E-state index is 14.7. The van der Waals surface area contributed by atoms with Gasteiger partial charge >= 0.3 is 6.18 Å². The van der Waals surface area contributed by atoms with Crippen molar-refractivity contribution in [1.29, 1.82) is 0 Å². The highest BCUT2D eigenvalue weighted by Gasteiger charge is 2.50. The number of aromatic nitrogens is 2. The molecule has 3 aliphatic rings. The number of allylic oxidation sites excluding steroid dienone is 2. The van der Waals surface area contributed by atoms with Gasteiger partial charge in [0.25, 0.3) is 5.91 Å². The summed E-state index contributed by atoms with van der Waals surface area (Å²) in [6.07, 6.45) is 2.78. The van der Waals surface area contributed by atoms with Crippen molar-refractivity contribution in [3.05, 3.63) is 70.9 Å². The Hall–Kier alpha value is -3.25. The number of hydrogen-bond acceptors (Lipinski definition) is 5. The number of aliphatic imine (C=N–C) groups is 1. The van der Waals surface area contributed by atoms with Crippen LogP contribution in [0.1, 0.15) is 36.1 Å². The average molecular weight is 517 g/mol. The predicted molar refractivity (Wildman–Crippen MR) is 124 cm³/mol. The maximum Gasteiger partial charge on any atom is 0.419 e. The van der Waals surface area contributed by atoms with Crippen LogP contribution >= 0.6 is 0 Å². The molecule has 1 aromatic heterocycles. The summed E-state index contributed by atoms with van der Waals surface area (Å²) in [5.41, 5.74) is 0.0414. The van der Waals surface area contributed by atoms with Crippen LogP contribution in [0.2, 0.25) is 0 Å². The lowest BCUT2D eigenvalue weighted by Crippen LogP contribution is -2.57. The van der Waals surface area contributed by atoms with Crippen LogP contribution in [0.3, 0.4) is 0 Å². The zero-order valence-electron chi connectivity index (χ0n) is 19.4. The highest BCUT2D eigenvalue weighted by atomic mass is 28.1. The van der Waals surface area contributed by atoms with Crippen molar-refractivity contribution >= 4 is 27.6 Å². The van der Waals surface area contributed by atoms with Crippen LogP contribution in [0.25, 0.3) is 5.57 Å². The van der Waals surface area contributed by atoms with Gasteiger partial charge in [0.15, 0.2) is 0 Å². The molecule has 2 aromatic rings. The number of amidine groups is 1. The molecule has 1 amide bonds. The molecule has 5 rings (SSSR count). The van der Waals surface area contributed by atoms with Crippen LogP contribution in [0.5, 0.6) is 0 Å². The smallest absolute Gasteiger partial charge is 0.379 e. The first-order chi connectivity index (χ1) is 17.0. The third-order valence-corrected chi connectivity index (χ3v) is 7.45. The van der Waals surface area contributed by atoms with Crippen molar-refractivity contribution in [3.63, 3.8) is 0 Å². The highest BCUT2D eigenvalue weighted by Crippen LogP contribution is 2.40. The average Bonchev–Trinajstić information content (AvgIpc) is 3.38. The lowest BCUT2D eigenvalue weighted by atomic mass is 9.97. The first-order valence-corrected chi connectivity index (χ1v) is 11.8. The van der Waals surface area contributed by atoms with Crippen molar-refractivity contribution in [1.82, 2.24) is 20.0 Å². The Morgan fingerprint density at radius 3 is 2.83 bits per heavy atom. The Labute approximate surface area is 207 Å². The molecule has 3 atom stereocenters. The molecular formula is C24H22F4N5O2Si. The Morgan fingerprint density at radius 1 is 1.36 bits per heavy atom. The fourth-order valence-corrected chi connectivity index (χ4v) is 5.09. The number of carbonyl (C=O) groups excluding carboxylic acids is 1. The first kappa shape index (κ1) is 24.4. The van der Waals surface area contributed by atoms with Gasteiger partial charge in [-0.2, -0.15) is 18.3 Å². The number of hydrogen-bond donors (Lipinski definition) is 1. The van der Waals surface area contributed by atoms with E-state index in [-0.39, 0.29) is 17.2 Å². The third-order valence-electron chi connectivity index (χ3n) is 6.63. The number of benzene rings is 1. The van der Waals surface area contributed by atoms with E-state index < -0.39 is 34.7 Å². The second kappa shape index (κ2) is 8.70. The topological polar surface area (TPSA) is 71.8 Å². The lowest BCUT2D eigenvalue weighted by Gasteiger charge is -2.42. The largest absolute Gasteiger partial charge is 0.419 e. The molecule has 1 saturated heterocycles. The van der Waals surface area contributed by atoms with Gasteiger partial charge in [0.1, 0.15) is 11.7 Å². The fourth-order valence-electron chi connectivity index (χ4n) is 4.67. The normalized spacial score (nSPS) is 24.4. The van der Waals surface area contributed by atoms with Crippen molar-refractivity contribution in [3.8, 4) is 0 Å². The quantitative estimate of drug-likeness (QED) is 0.501. The Balaban J connectivity index is 1.50. The molecule has 187 valence electrons. The van der Waals surface area contributed by atoms with E-state index in [2.05, 4.69) is 20.7 Å². The van der Waals surface area contributed by atoms with E-state index in [4.69, 9.17) is 9.73 Å². The summed E-state index contributed by atoms with van der Waals surface area (Å²) in [5.74, 6) is -1.59. The Morgan fingerprint density at radius 2 is 2.14 bits per heavy atom. The minimum Gasteiger partial charge on any atom is -0.379 e. The molecule has 12 heteroatoms. The van der Waals surface area contributed by atoms with Crippen LogP contribution in [-0.4, -0.2) is 61.1 Å². The second-order valence-electron chi connectivity index (χ2n) is 9.03. The number of nitrogens with one attached hydrogen (secondary N) is 1. The van der Waals surface area contributed by atoms with Crippen LogP contribution in [0, 0.1) is 5.82 Å². The molecule has 0 bridgehead atoms. The second-order valence-corrected chi connectivity index (χ2v) is 9.90. The van der Waals surface area contributed by atoms with E-state index in [1.165, 1.54) is 13.0 Å². The number of nitrogens with zero attached hydrogens (tertiary/aromatic N) is 4. The molecule has 36 heavy (non-hydrogen) atoms. The summed E-state index contributed by atoms with van der Waals surface area (Å²) in [6.45, 7) is 2.30. The zero-order chi connectivity index (χ0) is 25.8. The van der Waals surface area contributed by atoms with E-state index in [9.17, 15) is 22.4 Å². The molecule has 1 fully saturated rings. The number of amides is 1. The van der Waals surface area contributed by atoms with Gasteiger partial charge in [-0.05, 0) is 25.5 Å². The number of alkyl halides is 3. The SMILES string of the molecule is C[C@@H](NC(=O)C1=CC(c2cnn(C)c2)=CN2C1=N[C@@H]1COCCC12[Si])c1cccc(C(F)(F)F)c1F. The monoisotopic (exact) mass is 516 g/mol. The number of ether oxygens (including phenoxy) is 1. The fraction of sp³-hybridized carbons (Fsp3) is 0.375. The number of fused-ring (bicyclic) bond motifs is 3. The van der Waals surface area contributed by atoms with Gasteiger partial charge in [-0.25, -0.2) is 4.39 Å². The molecule has 1 unspecified atom stereocenters. The molecule has 0 saturated carbocycles. The maximum atomic E-state index is 14.7. The number of rotatable bonds is 4. The molecule has 0 spiro atoms. The molecule has 0 aliphatic carbocycles. The molecule has 3 aliphatic heterocycles. The Kier molecular flexibility index (Phi) is 5.90. The van der Waals surface area contributed by atoms with Crippen molar-refractivity contribution < 1.29 is 27.1 Å². The first-order valence-electron chi connectivity index (χ1n) is 11.3. The number of halogens is 4. The summed E-state index contributed by atoms with van der Waals surface area (Å²) in [4.78, 5) is 20.1. The minimum absolute atomic E-state index is 0.211. The van der Waals surface area contributed by atoms with Crippen LogP contribution in [-0.2, 0) is 22.8 Å². The van der Waals surface area contributed by atoms with Gasteiger partial charge in [-0.3, -0.25) is 14.5 Å². The van der Waals surface area contributed by atoms with Gasteiger partial charge in [0, 0.05) is 42.8 Å². The molecule has 1 N–H and O–H groups in total. The van der Waals surface area contributed by atoms with Gasteiger partial charge in [-0.15, -0.1) is 0 Å². The lowest BCUT2D eigenvalue weighted by molar-refractivity contribution is -0.140. The molecule has 3 radical (unpaired) electrons. The number of carbonyl (C=O) groups is 1. The van der Waals surface area contributed by atoms with Crippen molar-refractivity contribution in [2.45, 2.75) is 36.8 Å². The summed E-state index contributed by atoms with van der Waals surface area (Å²) in [5, 5.41) is 6.26.